The second-order valence-corrected chi connectivity index (χ2v) is 5.33. The largest absolute Gasteiger partial charge is 0.504 e. The minimum atomic E-state index is -0.0311. The van der Waals surface area contributed by atoms with E-state index in [1.807, 2.05) is 6.07 Å². The minimum absolute atomic E-state index is 0.00236. The maximum atomic E-state index is 9.60. The first-order valence-electron chi connectivity index (χ1n) is 6.43. The molecule has 1 aromatic rings. The number of quaternary nitrogens is 1. The van der Waals surface area contributed by atoms with E-state index in [1.54, 1.807) is 12.1 Å². The Labute approximate surface area is 103 Å². The molecule has 1 fully saturated rings. The molecule has 1 aliphatic heterocycles. The summed E-state index contributed by atoms with van der Waals surface area (Å²) < 4.78 is 1.06. The Bertz CT molecular complexity index is 405. The maximum Gasteiger partial charge on any atom is 0.157 e. The van der Waals surface area contributed by atoms with Gasteiger partial charge in [0, 0.05) is 18.4 Å². The van der Waals surface area contributed by atoms with Gasteiger partial charge >= 0.3 is 0 Å². The molecule has 1 saturated heterocycles. The summed E-state index contributed by atoms with van der Waals surface area (Å²) in [6.45, 7) is 4.60. The van der Waals surface area contributed by atoms with Gasteiger partial charge < -0.3 is 14.7 Å². The molecule has 3 nitrogen and oxygen atoms in total. The van der Waals surface area contributed by atoms with E-state index in [0.717, 1.165) is 10.0 Å². The molecule has 0 bridgehead atoms. The van der Waals surface area contributed by atoms with Gasteiger partial charge in [-0.2, -0.15) is 0 Å². The summed E-state index contributed by atoms with van der Waals surface area (Å²) in [6, 6.07) is 5.72. The van der Waals surface area contributed by atoms with E-state index in [9.17, 15) is 10.2 Å². The van der Waals surface area contributed by atoms with Crippen molar-refractivity contribution >= 4 is 0 Å². The van der Waals surface area contributed by atoms with Crippen LogP contribution in [0.2, 0.25) is 0 Å². The monoisotopic (exact) mass is 236 g/mol. The first-order chi connectivity index (χ1) is 8.07. The third kappa shape index (κ3) is 2.25. The van der Waals surface area contributed by atoms with Crippen molar-refractivity contribution in [3.63, 3.8) is 0 Å². The fraction of sp³-hybridized carbons (Fsp3) is 0.571. The second-order valence-electron chi connectivity index (χ2n) is 5.33. The van der Waals surface area contributed by atoms with Crippen molar-refractivity contribution in [2.24, 2.45) is 0 Å². The summed E-state index contributed by atoms with van der Waals surface area (Å²) in [5.41, 5.74) is 1.15. The number of benzene rings is 1. The smallest absolute Gasteiger partial charge is 0.157 e. The van der Waals surface area contributed by atoms with Crippen LogP contribution in [0.1, 0.15) is 37.8 Å². The average Bonchev–Trinajstić information content (AvgIpc) is 2.65. The molecule has 1 aromatic carbocycles. The van der Waals surface area contributed by atoms with Crippen LogP contribution in [0.4, 0.5) is 0 Å². The Morgan fingerprint density at radius 3 is 2.71 bits per heavy atom. The van der Waals surface area contributed by atoms with E-state index in [2.05, 4.69) is 14.0 Å². The van der Waals surface area contributed by atoms with Crippen molar-refractivity contribution in [3.8, 4) is 11.5 Å². The summed E-state index contributed by atoms with van der Waals surface area (Å²) in [6.07, 6.45) is 3.58. The van der Waals surface area contributed by atoms with Crippen LogP contribution in [0.15, 0.2) is 18.2 Å². The van der Waals surface area contributed by atoms with E-state index < -0.39 is 0 Å². The average molecular weight is 236 g/mol. The van der Waals surface area contributed by atoms with Crippen LogP contribution < -0.4 is 0 Å². The molecule has 0 aromatic heterocycles. The van der Waals surface area contributed by atoms with Crippen LogP contribution >= 0.6 is 0 Å². The molecule has 2 N–H and O–H groups in total. The number of hydrogen-bond acceptors (Lipinski definition) is 2. The number of likely N-dealkylation sites (tertiary alicyclic amines) is 1. The van der Waals surface area contributed by atoms with Gasteiger partial charge in [-0.1, -0.05) is 6.92 Å². The van der Waals surface area contributed by atoms with E-state index in [1.165, 1.54) is 32.4 Å². The number of nitrogens with zero attached hydrogens (tertiary/aromatic N) is 1. The van der Waals surface area contributed by atoms with Crippen LogP contribution in [0.5, 0.6) is 11.5 Å². The first kappa shape index (κ1) is 12.2. The quantitative estimate of drug-likeness (QED) is 0.626. The third-order valence-corrected chi connectivity index (χ3v) is 4.02. The summed E-state index contributed by atoms with van der Waals surface area (Å²) >= 11 is 0. The highest BCUT2D eigenvalue weighted by Crippen LogP contribution is 2.40. The standard InChI is InChI=1S/C14H21NO2/c1-3-8-15(2)9-4-5-12(15)11-6-7-13(16)14(17)10-11/h6-7,10,12H,3-5,8-9H2,1-2H3,(H-,16,17)/p+1. The molecule has 0 aliphatic carbocycles. The Morgan fingerprint density at radius 1 is 1.29 bits per heavy atom. The molecular formula is C14H22NO2+. The number of phenols is 2. The lowest BCUT2D eigenvalue weighted by atomic mass is 10.0. The highest BCUT2D eigenvalue weighted by Gasteiger charge is 2.38. The molecule has 94 valence electrons. The summed E-state index contributed by atoms with van der Waals surface area (Å²) in [5.74, 6) is -0.0334. The number of rotatable bonds is 3. The molecule has 2 rings (SSSR count). The van der Waals surface area contributed by atoms with Gasteiger partial charge in [0.25, 0.3) is 0 Å². The van der Waals surface area contributed by atoms with Gasteiger partial charge in [-0.05, 0) is 24.6 Å². The highest BCUT2D eigenvalue weighted by atomic mass is 16.3. The molecular weight excluding hydrogens is 214 g/mol. The Morgan fingerprint density at radius 2 is 2.06 bits per heavy atom. The van der Waals surface area contributed by atoms with E-state index in [0.29, 0.717) is 6.04 Å². The zero-order chi connectivity index (χ0) is 12.5. The van der Waals surface area contributed by atoms with Gasteiger partial charge in [-0.25, -0.2) is 0 Å². The molecule has 17 heavy (non-hydrogen) atoms. The van der Waals surface area contributed by atoms with E-state index in [-0.39, 0.29) is 11.5 Å². The zero-order valence-corrected chi connectivity index (χ0v) is 10.7. The predicted molar refractivity (Wildman–Crippen MR) is 68.0 cm³/mol. The Hall–Kier alpha value is -1.22. The Balaban J connectivity index is 2.29. The minimum Gasteiger partial charge on any atom is -0.504 e. The highest BCUT2D eigenvalue weighted by molar-refractivity contribution is 5.41. The van der Waals surface area contributed by atoms with Gasteiger partial charge in [-0.15, -0.1) is 0 Å². The van der Waals surface area contributed by atoms with Crippen molar-refractivity contribution in [2.45, 2.75) is 32.2 Å². The van der Waals surface area contributed by atoms with Crippen LogP contribution in [-0.2, 0) is 0 Å². The van der Waals surface area contributed by atoms with Crippen LogP contribution in [0.3, 0.4) is 0 Å². The van der Waals surface area contributed by atoms with E-state index >= 15 is 0 Å². The topological polar surface area (TPSA) is 40.5 Å². The number of aromatic hydroxyl groups is 2. The molecule has 0 radical (unpaired) electrons. The first-order valence-corrected chi connectivity index (χ1v) is 6.43. The third-order valence-electron chi connectivity index (χ3n) is 4.02. The van der Waals surface area contributed by atoms with Crippen LogP contribution in [-0.4, -0.2) is 34.8 Å². The fourth-order valence-electron chi connectivity index (χ4n) is 3.17. The van der Waals surface area contributed by atoms with Gasteiger partial charge in [0.05, 0.1) is 20.1 Å². The van der Waals surface area contributed by atoms with E-state index in [4.69, 9.17) is 0 Å². The molecule has 1 heterocycles. The number of phenolic OH excluding ortho intramolecular Hbond substituents is 2. The Kier molecular flexibility index (Phi) is 3.29. The van der Waals surface area contributed by atoms with Gasteiger partial charge in [0.2, 0.25) is 0 Å². The maximum absolute atomic E-state index is 9.60. The molecule has 0 spiro atoms. The van der Waals surface area contributed by atoms with Gasteiger partial charge in [0.15, 0.2) is 11.5 Å². The van der Waals surface area contributed by atoms with Crippen molar-refractivity contribution in [1.29, 1.82) is 0 Å². The van der Waals surface area contributed by atoms with Crippen molar-refractivity contribution in [3.05, 3.63) is 23.8 Å². The molecule has 2 atom stereocenters. The lowest BCUT2D eigenvalue weighted by Crippen LogP contribution is -2.43. The molecule has 0 amide bonds. The fourth-order valence-corrected chi connectivity index (χ4v) is 3.17. The summed E-state index contributed by atoms with van der Waals surface area (Å²) in [5, 5.41) is 19.0. The van der Waals surface area contributed by atoms with Crippen LogP contribution in [0.25, 0.3) is 0 Å². The lowest BCUT2D eigenvalue weighted by Gasteiger charge is -2.36. The SMILES string of the molecule is CCC[N+]1(C)CCCC1c1ccc(O)c(O)c1. The van der Waals surface area contributed by atoms with Gasteiger partial charge in [-0.3, -0.25) is 0 Å². The van der Waals surface area contributed by atoms with Crippen LogP contribution in [0, 0.1) is 0 Å². The summed E-state index contributed by atoms with van der Waals surface area (Å²) in [7, 11) is 2.30. The molecule has 1 aliphatic rings. The zero-order valence-electron chi connectivity index (χ0n) is 10.7. The van der Waals surface area contributed by atoms with Crippen molar-refractivity contribution < 1.29 is 14.7 Å². The normalized spacial score (nSPS) is 28.5. The lowest BCUT2D eigenvalue weighted by molar-refractivity contribution is -0.926. The molecule has 3 heteroatoms. The predicted octanol–water partition coefficient (Wildman–Crippen LogP) is 2.79. The number of hydrogen-bond donors (Lipinski definition) is 2. The second kappa shape index (κ2) is 4.57. The molecule has 0 saturated carbocycles. The van der Waals surface area contributed by atoms with Gasteiger partial charge in [0.1, 0.15) is 6.04 Å². The van der Waals surface area contributed by atoms with Crippen molar-refractivity contribution in [1.82, 2.24) is 0 Å². The molecule has 2 unspecified atom stereocenters. The van der Waals surface area contributed by atoms with Crippen molar-refractivity contribution in [2.75, 3.05) is 20.1 Å². The summed E-state index contributed by atoms with van der Waals surface area (Å²) in [4.78, 5) is 0.